The van der Waals surface area contributed by atoms with Gasteiger partial charge in [0.2, 0.25) is 0 Å². The molecule has 1 aliphatic heterocycles. The van der Waals surface area contributed by atoms with Crippen LogP contribution < -0.4 is 5.14 Å². The fourth-order valence-corrected chi connectivity index (χ4v) is 3.43. The second-order valence-corrected chi connectivity index (χ2v) is 7.76. The van der Waals surface area contributed by atoms with Crippen LogP contribution in [0.3, 0.4) is 0 Å². The largest absolute Gasteiger partial charge is 0.416 e. The van der Waals surface area contributed by atoms with Gasteiger partial charge in [0.15, 0.2) is 6.23 Å². The lowest BCUT2D eigenvalue weighted by molar-refractivity contribution is -0.137. The molecule has 0 amide bonds. The Hall–Kier alpha value is -1.36. The van der Waals surface area contributed by atoms with E-state index in [-0.39, 0.29) is 15.5 Å². The number of benzene rings is 1. The minimum atomic E-state index is -4.65. The van der Waals surface area contributed by atoms with Crippen LogP contribution in [-0.2, 0) is 25.4 Å². The van der Waals surface area contributed by atoms with Crippen LogP contribution in [0.1, 0.15) is 11.8 Å². The molecule has 3 rings (SSSR count). The molecule has 0 unspecified atom stereocenters. The minimum Gasteiger partial charge on any atom is -0.387 e. The zero-order chi connectivity index (χ0) is 20.1. The molecule has 4 atom stereocenters. The summed E-state index contributed by atoms with van der Waals surface area (Å²) >= 11 is 2.98. The van der Waals surface area contributed by atoms with E-state index < -0.39 is 53.2 Å². The summed E-state index contributed by atoms with van der Waals surface area (Å²) in [6, 6.07) is 1.58. The number of fused-ring (bicyclic) bond motifs is 1. The quantitative estimate of drug-likeness (QED) is 0.560. The topological polar surface area (TPSA) is 150 Å². The number of ether oxygens (including phenoxy) is 1. The van der Waals surface area contributed by atoms with Crippen LogP contribution in [0.25, 0.3) is 11.0 Å². The lowest BCUT2D eigenvalue weighted by Crippen LogP contribution is -2.35. The van der Waals surface area contributed by atoms with Crippen LogP contribution in [0.15, 0.2) is 16.6 Å². The van der Waals surface area contributed by atoms with Gasteiger partial charge < -0.3 is 14.9 Å². The molecule has 1 saturated heterocycles. The fourth-order valence-electron chi connectivity index (χ4n) is 2.58. The van der Waals surface area contributed by atoms with Crippen molar-refractivity contribution in [1.29, 1.82) is 0 Å². The van der Waals surface area contributed by atoms with Gasteiger partial charge in [0.25, 0.3) is 0 Å². The van der Waals surface area contributed by atoms with Crippen LogP contribution in [-0.4, -0.2) is 58.5 Å². The third-order valence-electron chi connectivity index (χ3n) is 3.83. The van der Waals surface area contributed by atoms with E-state index >= 15 is 0 Å². The van der Waals surface area contributed by atoms with E-state index in [1.54, 1.807) is 0 Å². The molecule has 1 aromatic heterocycles. The smallest absolute Gasteiger partial charge is 0.387 e. The fraction of sp³-hybridized carbons (Fsp3) is 0.500. The summed E-state index contributed by atoms with van der Waals surface area (Å²) in [6.45, 7) is -0.711. The van der Waals surface area contributed by atoms with Crippen molar-refractivity contribution in [1.82, 2.24) is 15.0 Å². The molecular formula is C12H12BrF3N4O6S. The third kappa shape index (κ3) is 4.08. The van der Waals surface area contributed by atoms with Crippen LogP contribution in [0.2, 0.25) is 0 Å². The molecule has 4 N–H and O–H groups in total. The first-order valence-corrected chi connectivity index (χ1v) is 9.45. The van der Waals surface area contributed by atoms with Gasteiger partial charge >= 0.3 is 16.5 Å². The summed E-state index contributed by atoms with van der Waals surface area (Å²) in [7, 11) is -4.32. The van der Waals surface area contributed by atoms with E-state index in [0.717, 1.165) is 16.8 Å². The van der Waals surface area contributed by atoms with E-state index in [1.807, 2.05) is 0 Å². The average molecular weight is 477 g/mol. The van der Waals surface area contributed by atoms with Gasteiger partial charge in [-0.1, -0.05) is 5.21 Å². The van der Waals surface area contributed by atoms with Gasteiger partial charge in [-0.15, -0.1) is 5.10 Å². The number of aromatic nitrogens is 3. The van der Waals surface area contributed by atoms with Crippen molar-refractivity contribution < 1.29 is 40.7 Å². The maximum absolute atomic E-state index is 13.0. The highest BCUT2D eigenvalue weighted by atomic mass is 79.9. The first kappa shape index (κ1) is 20.4. The predicted molar refractivity (Wildman–Crippen MR) is 85.2 cm³/mol. The summed E-state index contributed by atoms with van der Waals surface area (Å²) < 4.78 is 71.3. The number of hydrogen-bond acceptors (Lipinski definition) is 8. The lowest BCUT2D eigenvalue weighted by Gasteiger charge is -2.16. The molecule has 2 heterocycles. The Labute approximate surface area is 158 Å². The van der Waals surface area contributed by atoms with E-state index in [0.29, 0.717) is 0 Å². The van der Waals surface area contributed by atoms with E-state index in [4.69, 9.17) is 4.74 Å². The van der Waals surface area contributed by atoms with Gasteiger partial charge in [-0.3, -0.25) is 4.18 Å². The number of nitrogens with two attached hydrogens (primary N) is 1. The number of rotatable bonds is 4. The Kier molecular flexibility index (Phi) is 5.21. The van der Waals surface area contributed by atoms with Gasteiger partial charge in [0, 0.05) is 4.47 Å². The Morgan fingerprint density at radius 1 is 1.33 bits per heavy atom. The number of aliphatic hydroxyl groups excluding tert-OH is 2. The molecule has 1 aromatic carbocycles. The van der Waals surface area contributed by atoms with Gasteiger partial charge in [-0.25, -0.2) is 9.82 Å². The van der Waals surface area contributed by atoms with Crippen molar-refractivity contribution in [2.24, 2.45) is 5.14 Å². The van der Waals surface area contributed by atoms with Crippen LogP contribution in [0, 0.1) is 0 Å². The highest BCUT2D eigenvalue weighted by Gasteiger charge is 2.45. The Bertz CT molecular complexity index is 968. The molecule has 15 heteroatoms. The monoisotopic (exact) mass is 476 g/mol. The normalized spacial score (nSPS) is 26.8. The molecule has 0 spiro atoms. The summed E-state index contributed by atoms with van der Waals surface area (Å²) in [5.74, 6) is 0. The summed E-state index contributed by atoms with van der Waals surface area (Å²) in [4.78, 5) is 0. The number of nitrogens with zero attached hydrogens (tertiary/aromatic N) is 3. The Morgan fingerprint density at radius 2 is 2.00 bits per heavy atom. The SMILES string of the molecule is NS(=O)(=O)OC[C@H]1O[C@@H](n2nnc3c(Br)cc(C(F)(F)F)cc32)[C@H](O)[C@@H]1O. The summed E-state index contributed by atoms with van der Waals surface area (Å²) in [5.41, 5.74) is -1.05. The minimum absolute atomic E-state index is 0.0146. The lowest BCUT2D eigenvalue weighted by atomic mass is 10.1. The maximum Gasteiger partial charge on any atom is 0.416 e. The van der Waals surface area contributed by atoms with E-state index in [1.165, 1.54) is 0 Å². The van der Waals surface area contributed by atoms with Crippen molar-refractivity contribution >= 4 is 37.3 Å². The van der Waals surface area contributed by atoms with Crippen molar-refractivity contribution in [2.75, 3.05) is 6.61 Å². The number of aliphatic hydroxyl groups is 2. The summed E-state index contributed by atoms with van der Waals surface area (Å²) in [5, 5.41) is 32.2. The average Bonchev–Trinajstić information content (AvgIpc) is 3.07. The highest BCUT2D eigenvalue weighted by molar-refractivity contribution is 9.10. The number of hydrogen-bond donors (Lipinski definition) is 3. The third-order valence-corrected chi connectivity index (χ3v) is 4.90. The van der Waals surface area contributed by atoms with Crippen LogP contribution in [0.4, 0.5) is 13.2 Å². The van der Waals surface area contributed by atoms with E-state index in [2.05, 4.69) is 35.6 Å². The van der Waals surface area contributed by atoms with Gasteiger partial charge in [0.1, 0.15) is 23.8 Å². The number of halogens is 4. The van der Waals surface area contributed by atoms with Crippen molar-refractivity contribution in [3.63, 3.8) is 0 Å². The Balaban J connectivity index is 1.96. The van der Waals surface area contributed by atoms with Gasteiger partial charge in [-0.05, 0) is 28.1 Å². The van der Waals surface area contributed by atoms with Crippen LogP contribution in [0.5, 0.6) is 0 Å². The molecule has 2 aromatic rings. The molecule has 0 saturated carbocycles. The summed E-state index contributed by atoms with van der Waals surface area (Å²) in [6.07, 6.45) is -10.7. The molecule has 1 fully saturated rings. The zero-order valence-corrected chi connectivity index (χ0v) is 15.4. The molecule has 0 bridgehead atoms. The first-order chi connectivity index (χ1) is 12.4. The molecule has 150 valence electrons. The first-order valence-electron chi connectivity index (χ1n) is 7.19. The number of alkyl halides is 3. The second-order valence-electron chi connectivity index (χ2n) is 5.68. The van der Waals surface area contributed by atoms with Crippen molar-refractivity contribution in [2.45, 2.75) is 30.7 Å². The second kappa shape index (κ2) is 6.91. The van der Waals surface area contributed by atoms with Crippen molar-refractivity contribution in [3.8, 4) is 0 Å². The Morgan fingerprint density at radius 3 is 2.59 bits per heavy atom. The molecule has 27 heavy (non-hydrogen) atoms. The van der Waals surface area contributed by atoms with Gasteiger partial charge in [-0.2, -0.15) is 21.6 Å². The molecular weight excluding hydrogens is 465 g/mol. The predicted octanol–water partition coefficient (Wildman–Crippen LogP) is 0.0519. The molecule has 10 nitrogen and oxygen atoms in total. The van der Waals surface area contributed by atoms with Crippen LogP contribution >= 0.6 is 15.9 Å². The maximum atomic E-state index is 13.0. The zero-order valence-electron chi connectivity index (χ0n) is 13.0. The van der Waals surface area contributed by atoms with E-state index in [9.17, 15) is 31.8 Å². The molecule has 1 aliphatic rings. The highest BCUT2D eigenvalue weighted by Crippen LogP contribution is 2.37. The molecule has 0 radical (unpaired) electrons. The molecule has 0 aliphatic carbocycles. The van der Waals surface area contributed by atoms with Gasteiger partial charge in [0.05, 0.1) is 17.7 Å². The van der Waals surface area contributed by atoms with Crippen molar-refractivity contribution in [3.05, 3.63) is 22.2 Å². The standard InChI is InChI=1S/C12H12BrF3N4O6S/c13-5-1-4(12(14,15)16)2-6-8(5)18-19-20(6)11-10(22)9(21)7(26-11)3-25-27(17,23)24/h1-2,7,9-11,21-22H,3H2,(H2,17,23,24)/t7-,9-,10-,11-/m1/s1.